The number of amides is 2. The highest BCUT2D eigenvalue weighted by Gasteiger charge is 2.24. The Morgan fingerprint density at radius 1 is 1.00 bits per heavy atom. The third-order valence-electron chi connectivity index (χ3n) is 5.69. The highest BCUT2D eigenvalue weighted by Crippen LogP contribution is 2.34. The van der Waals surface area contributed by atoms with Gasteiger partial charge in [0.25, 0.3) is 5.91 Å². The van der Waals surface area contributed by atoms with Crippen molar-refractivity contribution in [3.8, 4) is 0 Å². The van der Waals surface area contributed by atoms with Crippen LogP contribution in [0.4, 0.5) is 11.4 Å². The predicted molar refractivity (Wildman–Crippen MR) is 112 cm³/mol. The Morgan fingerprint density at radius 2 is 1.82 bits per heavy atom. The molecule has 2 amide bonds. The van der Waals surface area contributed by atoms with Gasteiger partial charge in [0.1, 0.15) is 0 Å². The number of carbonyl (C=O) groups is 2. The quantitative estimate of drug-likeness (QED) is 0.686. The standard InChI is InChI=1S/C23H19ClN2O2/c24-19-13-16(9-11-20(19)26-12-2-5-21(26)27)25-23(28)18-10-8-15-7-6-14-3-1-4-17(18)22(14)15/h1,3-4,8-11,13H,2,5-7,12H2,(H,25,28). The second kappa shape index (κ2) is 6.64. The highest BCUT2D eigenvalue weighted by atomic mass is 35.5. The van der Waals surface area contributed by atoms with Crippen molar-refractivity contribution < 1.29 is 9.59 Å². The number of carbonyl (C=O) groups excluding carboxylic acids is 2. The number of aryl methyl sites for hydroxylation is 2. The molecule has 1 aliphatic carbocycles. The first-order valence-corrected chi connectivity index (χ1v) is 9.94. The Bertz CT molecular complexity index is 1130. The summed E-state index contributed by atoms with van der Waals surface area (Å²) in [6, 6.07) is 15.4. The first kappa shape index (κ1) is 17.3. The van der Waals surface area contributed by atoms with Crippen LogP contribution in [0.5, 0.6) is 0 Å². The van der Waals surface area contributed by atoms with E-state index in [0.29, 0.717) is 34.9 Å². The van der Waals surface area contributed by atoms with E-state index < -0.39 is 0 Å². The molecule has 1 saturated heterocycles. The Hall–Kier alpha value is -2.85. The molecule has 140 valence electrons. The highest BCUT2D eigenvalue weighted by molar-refractivity contribution is 6.34. The van der Waals surface area contributed by atoms with Gasteiger partial charge in [0.2, 0.25) is 5.91 Å². The summed E-state index contributed by atoms with van der Waals surface area (Å²) >= 11 is 6.40. The first-order valence-electron chi connectivity index (χ1n) is 9.56. The van der Waals surface area contributed by atoms with Crippen molar-refractivity contribution in [2.75, 3.05) is 16.8 Å². The van der Waals surface area contributed by atoms with Crippen molar-refractivity contribution in [1.82, 2.24) is 0 Å². The van der Waals surface area contributed by atoms with E-state index in [1.165, 1.54) is 16.5 Å². The van der Waals surface area contributed by atoms with Crippen molar-refractivity contribution in [3.05, 3.63) is 70.2 Å². The summed E-state index contributed by atoms with van der Waals surface area (Å²) in [5.41, 5.74) is 4.60. The van der Waals surface area contributed by atoms with E-state index in [1.807, 2.05) is 18.2 Å². The molecule has 2 aliphatic rings. The molecule has 5 heteroatoms. The number of hydrogen-bond donors (Lipinski definition) is 1. The maximum absolute atomic E-state index is 13.0. The van der Waals surface area contributed by atoms with Crippen LogP contribution in [0.3, 0.4) is 0 Å². The van der Waals surface area contributed by atoms with Crippen LogP contribution in [0.1, 0.15) is 34.3 Å². The summed E-state index contributed by atoms with van der Waals surface area (Å²) in [5, 5.41) is 5.63. The first-order chi connectivity index (χ1) is 13.6. The Balaban J connectivity index is 1.44. The second-order valence-electron chi connectivity index (χ2n) is 7.38. The summed E-state index contributed by atoms with van der Waals surface area (Å²) in [6.07, 6.45) is 3.46. The van der Waals surface area contributed by atoms with Gasteiger partial charge in [-0.2, -0.15) is 0 Å². The van der Waals surface area contributed by atoms with E-state index in [-0.39, 0.29) is 11.8 Å². The molecule has 1 N–H and O–H groups in total. The molecular weight excluding hydrogens is 372 g/mol. The fourth-order valence-electron chi connectivity index (χ4n) is 4.35. The average Bonchev–Trinajstić information content (AvgIpc) is 3.30. The minimum absolute atomic E-state index is 0.0894. The Kier molecular flexibility index (Phi) is 4.09. The van der Waals surface area contributed by atoms with Crippen molar-refractivity contribution in [2.45, 2.75) is 25.7 Å². The molecule has 0 atom stereocenters. The molecule has 0 radical (unpaired) electrons. The average molecular weight is 391 g/mol. The zero-order valence-electron chi connectivity index (χ0n) is 15.3. The number of rotatable bonds is 3. The summed E-state index contributed by atoms with van der Waals surface area (Å²) in [5.74, 6) is -0.0664. The van der Waals surface area contributed by atoms with Gasteiger partial charge in [-0.15, -0.1) is 0 Å². The molecule has 4 nitrogen and oxygen atoms in total. The van der Waals surface area contributed by atoms with Crippen LogP contribution >= 0.6 is 11.6 Å². The number of nitrogens with one attached hydrogen (secondary N) is 1. The van der Waals surface area contributed by atoms with Crippen LogP contribution in [0.15, 0.2) is 48.5 Å². The van der Waals surface area contributed by atoms with E-state index >= 15 is 0 Å². The lowest BCUT2D eigenvalue weighted by molar-refractivity contribution is -0.117. The lowest BCUT2D eigenvalue weighted by atomic mass is 9.99. The number of anilines is 2. The van der Waals surface area contributed by atoms with Gasteiger partial charge in [-0.05, 0) is 65.4 Å². The van der Waals surface area contributed by atoms with E-state index in [9.17, 15) is 9.59 Å². The lowest BCUT2D eigenvalue weighted by Crippen LogP contribution is -2.24. The number of nitrogens with zero attached hydrogens (tertiary/aromatic N) is 1. The lowest BCUT2D eigenvalue weighted by Gasteiger charge is -2.18. The number of halogens is 1. The second-order valence-corrected chi connectivity index (χ2v) is 7.79. The van der Waals surface area contributed by atoms with Gasteiger partial charge in [-0.25, -0.2) is 0 Å². The van der Waals surface area contributed by atoms with Gasteiger partial charge in [0.05, 0.1) is 10.7 Å². The van der Waals surface area contributed by atoms with Crippen LogP contribution in [-0.4, -0.2) is 18.4 Å². The molecule has 28 heavy (non-hydrogen) atoms. The van der Waals surface area contributed by atoms with E-state index in [0.717, 1.165) is 24.6 Å². The zero-order chi connectivity index (χ0) is 19.3. The Labute approximate surface area is 168 Å². The largest absolute Gasteiger partial charge is 0.322 e. The van der Waals surface area contributed by atoms with E-state index in [1.54, 1.807) is 23.1 Å². The fourth-order valence-corrected chi connectivity index (χ4v) is 4.63. The zero-order valence-corrected chi connectivity index (χ0v) is 16.1. The summed E-state index contributed by atoms with van der Waals surface area (Å²) in [4.78, 5) is 26.6. The summed E-state index contributed by atoms with van der Waals surface area (Å²) in [7, 11) is 0. The molecule has 5 rings (SSSR count). The fraction of sp³-hybridized carbons (Fsp3) is 0.217. The maximum Gasteiger partial charge on any atom is 0.256 e. The van der Waals surface area contributed by atoms with Gasteiger partial charge in [0.15, 0.2) is 0 Å². The minimum atomic E-state index is -0.156. The van der Waals surface area contributed by atoms with Gasteiger partial charge in [-0.1, -0.05) is 35.9 Å². The third kappa shape index (κ3) is 2.76. The minimum Gasteiger partial charge on any atom is -0.322 e. The smallest absolute Gasteiger partial charge is 0.256 e. The molecule has 0 aromatic heterocycles. The maximum atomic E-state index is 13.0. The van der Waals surface area contributed by atoms with Crippen molar-refractivity contribution in [3.63, 3.8) is 0 Å². The van der Waals surface area contributed by atoms with Gasteiger partial charge < -0.3 is 10.2 Å². The SMILES string of the molecule is O=C(Nc1ccc(N2CCCC2=O)c(Cl)c1)c1ccc2c3c(cccc13)CC2. The molecular formula is C23H19ClN2O2. The number of hydrogen-bond acceptors (Lipinski definition) is 2. The molecule has 0 spiro atoms. The third-order valence-corrected chi connectivity index (χ3v) is 5.99. The molecule has 1 fully saturated rings. The van der Waals surface area contributed by atoms with E-state index in [2.05, 4.69) is 17.4 Å². The van der Waals surface area contributed by atoms with Crippen LogP contribution in [0.25, 0.3) is 10.8 Å². The summed E-state index contributed by atoms with van der Waals surface area (Å²) in [6.45, 7) is 0.685. The van der Waals surface area contributed by atoms with Crippen molar-refractivity contribution in [1.29, 1.82) is 0 Å². The van der Waals surface area contributed by atoms with Gasteiger partial charge in [0, 0.05) is 24.2 Å². The molecule has 3 aromatic carbocycles. The normalized spacial score (nSPS) is 15.5. The molecule has 1 aliphatic heterocycles. The van der Waals surface area contributed by atoms with Crippen LogP contribution in [0, 0.1) is 0 Å². The van der Waals surface area contributed by atoms with E-state index in [4.69, 9.17) is 11.6 Å². The molecule has 0 bridgehead atoms. The van der Waals surface area contributed by atoms with Gasteiger partial charge >= 0.3 is 0 Å². The topological polar surface area (TPSA) is 49.4 Å². The molecule has 1 heterocycles. The van der Waals surface area contributed by atoms with Crippen molar-refractivity contribution >= 4 is 45.6 Å². The van der Waals surface area contributed by atoms with Crippen LogP contribution in [0.2, 0.25) is 5.02 Å². The Morgan fingerprint density at radius 3 is 2.57 bits per heavy atom. The molecule has 0 saturated carbocycles. The predicted octanol–water partition coefficient (Wildman–Crippen LogP) is 4.97. The number of benzene rings is 3. The monoisotopic (exact) mass is 390 g/mol. The molecule has 3 aromatic rings. The van der Waals surface area contributed by atoms with Gasteiger partial charge in [-0.3, -0.25) is 9.59 Å². The van der Waals surface area contributed by atoms with Crippen molar-refractivity contribution in [2.24, 2.45) is 0 Å². The molecule has 0 unspecified atom stereocenters. The van der Waals surface area contributed by atoms with Crippen LogP contribution < -0.4 is 10.2 Å². The van der Waals surface area contributed by atoms with Crippen LogP contribution in [-0.2, 0) is 17.6 Å². The summed E-state index contributed by atoms with van der Waals surface area (Å²) < 4.78 is 0.